The molecule has 3 nitrogen and oxygen atoms in total. The van der Waals surface area contributed by atoms with Gasteiger partial charge < -0.3 is 9.73 Å². The summed E-state index contributed by atoms with van der Waals surface area (Å²) < 4.78 is 18.7. The van der Waals surface area contributed by atoms with Crippen LogP contribution in [0.2, 0.25) is 0 Å². The normalized spacial score (nSPS) is 12.6. The minimum Gasteiger partial charge on any atom is -0.464 e. The first kappa shape index (κ1) is 13.5. The van der Waals surface area contributed by atoms with Crippen LogP contribution < -0.4 is 5.32 Å². The molecule has 1 unspecified atom stereocenters. The van der Waals surface area contributed by atoms with Crippen molar-refractivity contribution in [1.29, 1.82) is 0 Å². The molecule has 2 aromatic rings. The van der Waals surface area contributed by atoms with E-state index in [1.807, 2.05) is 43.4 Å². The summed E-state index contributed by atoms with van der Waals surface area (Å²) in [7, 11) is 0.784. The van der Waals surface area contributed by atoms with Gasteiger partial charge in [0.25, 0.3) is 0 Å². The van der Waals surface area contributed by atoms with Crippen LogP contribution in [0, 0.1) is 0 Å². The molecule has 1 heterocycles. The van der Waals surface area contributed by atoms with E-state index >= 15 is 0 Å². The molecule has 0 aliphatic rings. The van der Waals surface area contributed by atoms with Crippen LogP contribution in [0.1, 0.15) is 11.5 Å². The fourth-order valence-corrected chi connectivity index (χ4v) is 3.21. The Labute approximate surface area is 117 Å². The first-order valence-corrected chi connectivity index (χ1v) is 7.66. The van der Waals surface area contributed by atoms with Crippen LogP contribution in [0.5, 0.6) is 0 Å². The molecule has 1 N–H and O–H groups in total. The van der Waals surface area contributed by atoms with E-state index in [4.69, 9.17) is 4.42 Å². The van der Waals surface area contributed by atoms with Crippen LogP contribution in [0.4, 0.5) is 0 Å². The molecule has 0 aliphatic heterocycles. The molecule has 18 heavy (non-hydrogen) atoms. The van der Waals surface area contributed by atoms with Crippen molar-refractivity contribution in [2.24, 2.45) is 0 Å². The summed E-state index contributed by atoms with van der Waals surface area (Å²) in [6.45, 7) is 0.684. The molecule has 0 bridgehead atoms. The zero-order valence-corrected chi connectivity index (χ0v) is 12.4. The lowest BCUT2D eigenvalue weighted by Crippen LogP contribution is -2.03. The smallest absolute Gasteiger partial charge is 0.117 e. The summed E-state index contributed by atoms with van der Waals surface area (Å²) >= 11 is 3.37. The summed E-state index contributed by atoms with van der Waals surface area (Å²) in [5, 5.41) is 3.01. The molecule has 0 aliphatic carbocycles. The van der Waals surface area contributed by atoms with Gasteiger partial charge in [0.15, 0.2) is 0 Å². The number of hydrogen-bond donors (Lipinski definition) is 1. The molecule has 0 saturated carbocycles. The highest BCUT2D eigenvalue weighted by molar-refractivity contribution is 9.10. The van der Waals surface area contributed by atoms with E-state index in [1.165, 1.54) is 0 Å². The van der Waals surface area contributed by atoms with Crippen molar-refractivity contribution in [2.45, 2.75) is 17.2 Å². The highest BCUT2D eigenvalue weighted by atomic mass is 79.9. The predicted molar refractivity (Wildman–Crippen MR) is 75.7 cm³/mol. The largest absolute Gasteiger partial charge is 0.464 e. The fourth-order valence-electron chi connectivity index (χ4n) is 1.59. The quantitative estimate of drug-likeness (QED) is 0.917. The van der Waals surface area contributed by atoms with Crippen molar-refractivity contribution >= 4 is 26.7 Å². The number of furan rings is 1. The third-order valence-corrected chi connectivity index (χ3v) is 4.22. The SMILES string of the molecule is CNCc1ccc(CS(=O)c2cccc(Br)c2)o1. The average Bonchev–Trinajstić information content (AvgIpc) is 2.77. The minimum atomic E-state index is -1.08. The van der Waals surface area contributed by atoms with Gasteiger partial charge >= 0.3 is 0 Å². The minimum absolute atomic E-state index is 0.403. The lowest BCUT2D eigenvalue weighted by Gasteiger charge is -2.01. The molecule has 0 amide bonds. The second-order valence-corrected chi connectivity index (χ2v) is 6.21. The fraction of sp³-hybridized carbons (Fsp3) is 0.231. The van der Waals surface area contributed by atoms with Gasteiger partial charge in [-0.05, 0) is 37.4 Å². The standard InChI is InChI=1S/C13H14BrNO2S/c1-15-8-11-5-6-12(17-11)9-18(16)13-4-2-3-10(14)7-13/h2-7,15H,8-9H2,1H3. The lowest BCUT2D eigenvalue weighted by atomic mass is 10.4. The van der Waals surface area contributed by atoms with Gasteiger partial charge in [-0.3, -0.25) is 4.21 Å². The van der Waals surface area contributed by atoms with Crippen LogP contribution in [0.15, 0.2) is 50.2 Å². The van der Waals surface area contributed by atoms with Crippen molar-refractivity contribution in [2.75, 3.05) is 7.05 Å². The van der Waals surface area contributed by atoms with Crippen molar-refractivity contribution in [3.8, 4) is 0 Å². The maximum absolute atomic E-state index is 12.1. The highest BCUT2D eigenvalue weighted by Crippen LogP contribution is 2.18. The number of halogens is 1. The van der Waals surface area contributed by atoms with Crippen molar-refractivity contribution in [3.05, 3.63) is 52.4 Å². The second-order valence-electron chi connectivity index (χ2n) is 3.85. The Balaban J connectivity index is 2.06. The van der Waals surface area contributed by atoms with Crippen molar-refractivity contribution in [3.63, 3.8) is 0 Å². The summed E-state index contributed by atoms with van der Waals surface area (Å²) in [5.74, 6) is 2.01. The Morgan fingerprint density at radius 2 is 2.06 bits per heavy atom. The molecule has 0 fully saturated rings. The van der Waals surface area contributed by atoms with Gasteiger partial charge in [-0.2, -0.15) is 0 Å². The third-order valence-electron chi connectivity index (χ3n) is 2.40. The highest BCUT2D eigenvalue weighted by Gasteiger charge is 2.09. The Bertz CT molecular complexity index is 553. The first-order valence-electron chi connectivity index (χ1n) is 5.55. The monoisotopic (exact) mass is 327 g/mol. The molecule has 0 radical (unpaired) electrons. The van der Waals surface area contributed by atoms with Crippen LogP contribution in [-0.4, -0.2) is 11.3 Å². The van der Waals surface area contributed by atoms with Gasteiger partial charge in [0, 0.05) is 9.37 Å². The van der Waals surface area contributed by atoms with E-state index in [0.29, 0.717) is 12.3 Å². The Morgan fingerprint density at radius 1 is 1.28 bits per heavy atom. The maximum Gasteiger partial charge on any atom is 0.117 e. The molecule has 1 aromatic carbocycles. The zero-order valence-electron chi connectivity index (χ0n) is 9.98. The Morgan fingerprint density at radius 3 is 2.78 bits per heavy atom. The molecule has 96 valence electrons. The lowest BCUT2D eigenvalue weighted by molar-refractivity contribution is 0.467. The van der Waals surface area contributed by atoms with Crippen molar-refractivity contribution < 1.29 is 8.63 Å². The van der Waals surface area contributed by atoms with Gasteiger partial charge in [0.05, 0.1) is 23.1 Å². The first-order chi connectivity index (χ1) is 8.69. The van der Waals surface area contributed by atoms with E-state index < -0.39 is 10.8 Å². The maximum atomic E-state index is 12.1. The van der Waals surface area contributed by atoms with Crippen LogP contribution >= 0.6 is 15.9 Å². The molecular weight excluding hydrogens is 314 g/mol. The van der Waals surface area contributed by atoms with E-state index in [1.54, 1.807) is 0 Å². The second kappa shape index (κ2) is 6.31. The molecule has 0 saturated heterocycles. The predicted octanol–water partition coefficient (Wildman–Crippen LogP) is 3.07. The topological polar surface area (TPSA) is 42.2 Å². The number of rotatable bonds is 5. The third kappa shape index (κ3) is 3.54. The molecule has 5 heteroatoms. The Hall–Kier alpha value is -0.910. The van der Waals surface area contributed by atoms with Gasteiger partial charge in [0.2, 0.25) is 0 Å². The number of nitrogens with one attached hydrogen (secondary N) is 1. The molecule has 1 atom stereocenters. The van der Waals surface area contributed by atoms with Crippen molar-refractivity contribution in [1.82, 2.24) is 5.32 Å². The molecule has 1 aromatic heterocycles. The van der Waals surface area contributed by atoms with Gasteiger partial charge in [-0.15, -0.1) is 0 Å². The van der Waals surface area contributed by atoms with Crippen LogP contribution in [0.3, 0.4) is 0 Å². The van der Waals surface area contributed by atoms with E-state index in [2.05, 4.69) is 21.2 Å². The molecule has 0 spiro atoms. The number of benzene rings is 1. The zero-order chi connectivity index (χ0) is 13.0. The summed E-state index contributed by atoms with van der Waals surface area (Å²) in [6.07, 6.45) is 0. The summed E-state index contributed by atoms with van der Waals surface area (Å²) in [6, 6.07) is 11.3. The van der Waals surface area contributed by atoms with E-state index in [-0.39, 0.29) is 0 Å². The Kier molecular flexibility index (Phi) is 4.74. The van der Waals surface area contributed by atoms with Gasteiger partial charge in [-0.1, -0.05) is 22.0 Å². The summed E-state index contributed by atoms with van der Waals surface area (Å²) in [5.41, 5.74) is 0. The van der Waals surface area contributed by atoms with Gasteiger partial charge in [-0.25, -0.2) is 0 Å². The van der Waals surface area contributed by atoms with Crippen LogP contribution in [-0.2, 0) is 23.1 Å². The molecule has 2 rings (SSSR count). The number of hydrogen-bond acceptors (Lipinski definition) is 3. The average molecular weight is 328 g/mol. The summed E-state index contributed by atoms with van der Waals surface area (Å²) in [4.78, 5) is 0.802. The van der Waals surface area contributed by atoms with E-state index in [0.717, 1.165) is 20.9 Å². The van der Waals surface area contributed by atoms with Gasteiger partial charge in [0.1, 0.15) is 11.5 Å². The molecular formula is C13H14BrNO2S. The van der Waals surface area contributed by atoms with E-state index in [9.17, 15) is 4.21 Å². The van der Waals surface area contributed by atoms with Crippen LogP contribution in [0.25, 0.3) is 0 Å².